The third kappa shape index (κ3) is 3.39. The summed E-state index contributed by atoms with van der Waals surface area (Å²) in [6.07, 6.45) is -0.187. The first-order valence-corrected chi connectivity index (χ1v) is 6.93. The van der Waals surface area contributed by atoms with E-state index in [1.807, 2.05) is 0 Å². The summed E-state index contributed by atoms with van der Waals surface area (Å²) in [6.45, 7) is 1.73. The van der Waals surface area contributed by atoms with E-state index < -0.39 is 22.9 Å². The first-order valence-electron chi connectivity index (χ1n) is 6.55. The Kier molecular flexibility index (Phi) is 4.80. The highest BCUT2D eigenvalue weighted by molar-refractivity contribution is 6.38. The molecule has 0 saturated carbocycles. The van der Waals surface area contributed by atoms with Crippen LogP contribution in [0.4, 0.5) is 11.4 Å². The molecule has 0 aliphatic carbocycles. The number of non-ortho nitro benzene ring substituents is 1. The molecule has 1 heterocycles. The van der Waals surface area contributed by atoms with Crippen LogP contribution in [0.1, 0.15) is 13.3 Å². The van der Waals surface area contributed by atoms with E-state index in [1.165, 1.54) is 12.1 Å². The van der Waals surface area contributed by atoms with Crippen LogP contribution in [0.15, 0.2) is 23.3 Å². The predicted molar refractivity (Wildman–Crippen MR) is 80.7 cm³/mol. The zero-order valence-electron chi connectivity index (χ0n) is 11.9. The molecule has 1 N–H and O–H groups in total. The highest BCUT2D eigenvalue weighted by atomic mass is 35.5. The number of carboxylic acid groups (broad SMARTS) is 1. The normalized spacial score (nSPS) is 16.9. The van der Waals surface area contributed by atoms with E-state index in [-0.39, 0.29) is 35.1 Å². The van der Waals surface area contributed by atoms with E-state index in [2.05, 4.69) is 5.10 Å². The number of hydrazone groups is 1. The molecule has 9 nitrogen and oxygen atoms in total. The van der Waals surface area contributed by atoms with Crippen molar-refractivity contribution in [2.75, 3.05) is 11.6 Å². The number of benzene rings is 1. The fourth-order valence-electron chi connectivity index (χ4n) is 2.05. The smallest absolute Gasteiger partial charge is 0.354 e. The van der Waals surface area contributed by atoms with Gasteiger partial charge in [-0.15, -0.1) is 0 Å². The second-order valence-electron chi connectivity index (χ2n) is 4.56. The molecule has 122 valence electrons. The second kappa shape index (κ2) is 6.61. The van der Waals surface area contributed by atoms with Crippen molar-refractivity contribution in [3.05, 3.63) is 33.3 Å². The summed E-state index contributed by atoms with van der Waals surface area (Å²) in [7, 11) is 0. The highest BCUT2D eigenvalue weighted by Crippen LogP contribution is 2.34. The number of nitro benzene ring substituents is 1. The second-order valence-corrected chi connectivity index (χ2v) is 4.97. The van der Waals surface area contributed by atoms with Gasteiger partial charge in [-0.3, -0.25) is 10.1 Å². The minimum Gasteiger partial charge on any atom is -0.480 e. The Bertz CT molecular complexity index is 705. The van der Waals surface area contributed by atoms with Crippen molar-refractivity contribution >= 4 is 40.6 Å². The molecule has 1 aromatic rings. The lowest BCUT2D eigenvalue weighted by molar-refractivity contribution is -0.384. The first-order chi connectivity index (χ1) is 10.8. The molecule has 10 heteroatoms. The standard InChI is InChI=1S/C13H12ClN3O6/c1-2-23-13(20)9-6-11(12(18)19)16(15-9)10-5-7(17(21)22)3-4-8(10)14/h3-5,11H,2,6H2,1H3,(H,18,19)/t11-/m1/s1. The maximum Gasteiger partial charge on any atom is 0.354 e. The van der Waals surface area contributed by atoms with Gasteiger partial charge in [0.15, 0.2) is 6.04 Å². The summed E-state index contributed by atoms with van der Waals surface area (Å²) in [6, 6.07) is 2.36. The molecule has 1 aromatic carbocycles. The van der Waals surface area contributed by atoms with Crippen LogP contribution in [-0.2, 0) is 14.3 Å². The Hall–Kier alpha value is -2.68. The Labute approximate surface area is 135 Å². The summed E-state index contributed by atoms with van der Waals surface area (Å²) in [4.78, 5) is 33.4. The number of aliphatic carboxylic acids is 1. The Morgan fingerprint density at radius 1 is 1.57 bits per heavy atom. The minimum absolute atomic E-state index is 0.0348. The van der Waals surface area contributed by atoms with Crippen molar-refractivity contribution in [1.29, 1.82) is 0 Å². The van der Waals surface area contributed by atoms with E-state index in [4.69, 9.17) is 16.3 Å². The number of anilines is 1. The average molecular weight is 342 g/mol. The Morgan fingerprint density at radius 2 is 2.26 bits per heavy atom. The monoisotopic (exact) mass is 341 g/mol. The number of nitrogens with zero attached hydrogens (tertiary/aromatic N) is 3. The number of carbonyl (C=O) groups excluding carboxylic acids is 1. The summed E-state index contributed by atoms with van der Waals surface area (Å²) in [5.41, 5.74) is -0.317. The van der Waals surface area contributed by atoms with Gasteiger partial charge in [0.1, 0.15) is 5.71 Å². The number of nitro groups is 1. The SMILES string of the molecule is CCOC(=O)C1=NN(c2cc([N+](=O)[O-])ccc2Cl)[C@@H](C(=O)O)C1. The van der Waals surface area contributed by atoms with Gasteiger partial charge in [-0.05, 0) is 13.0 Å². The highest BCUT2D eigenvalue weighted by Gasteiger charge is 2.38. The molecule has 0 unspecified atom stereocenters. The van der Waals surface area contributed by atoms with Gasteiger partial charge in [-0.2, -0.15) is 5.10 Å². The summed E-state index contributed by atoms with van der Waals surface area (Å²) in [5, 5.41) is 25.2. The van der Waals surface area contributed by atoms with Crippen molar-refractivity contribution in [1.82, 2.24) is 0 Å². The maximum absolute atomic E-state index is 11.7. The zero-order chi connectivity index (χ0) is 17.1. The molecule has 1 aliphatic rings. The van der Waals surface area contributed by atoms with E-state index in [0.717, 1.165) is 11.1 Å². The van der Waals surface area contributed by atoms with Crippen molar-refractivity contribution in [3.8, 4) is 0 Å². The van der Waals surface area contributed by atoms with Crippen LogP contribution >= 0.6 is 11.6 Å². The molecule has 1 aliphatic heterocycles. The van der Waals surface area contributed by atoms with Crippen LogP contribution in [0, 0.1) is 10.1 Å². The van der Waals surface area contributed by atoms with E-state index in [0.29, 0.717) is 0 Å². The molecule has 0 saturated heterocycles. The molecule has 0 spiro atoms. The van der Waals surface area contributed by atoms with Gasteiger partial charge in [-0.1, -0.05) is 11.6 Å². The lowest BCUT2D eigenvalue weighted by Gasteiger charge is -2.20. The molecule has 0 bridgehead atoms. The number of hydrogen-bond acceptors (Lipinski definition) is 7. The lowest BCUT2D eigenvalue weighted by Crippen LogP contribution is -2.34. The molecule has 1 atom stereocenters. The van der Waals surface area contributed by atoms with Crippen LogP contribution in [0.25, 0.3) is 0 Å². The maximum atomic E-state index is 11.7. The number of carboxylic acids is 1. The van der Waals surface area contributed by atoms with Gasteiger partial charge < -0.3 is 9.84 Å². The summed E-state index contributed by atoms with van der Waals surface area (Å²) >= 11 is 6.00. The van der Waals surface area contributed by atoms with Crippen LogP contribution in [0.5, 0.6) is 0 Å². The molecular weight excluding hydrogens is 330 g/mol. The third-order valence-electron chi connectivity index (χ3n) is 3.09. The van der Waals surface area contributed by atoms with Crippen LogP contribution < -0.4 is 5.01 Å². The van der Waals surface area contributed by atoms with Gasteiger partial charge in [0.05, 0.1) is 22.2 Å². The van der Waals surface area contributed by atoms with Gasteiger partial charge in [-0.25, -0.2) is 14.6 Å². The molecule has 2 rings (SSSR count). The molecule has 23 heavy (non-hydrogen) atoms. The van der Waals surface area contributed by atoms with Crippen molar-refractivity contribution < 1.29 is 24.4 Å². The van der Waals surface area contributed by atoms with Crippen LogP contribution in [0.2, 0.25) is 5.02 Å². The largest absolute Gasteiger partial charge is 0.480 e. The van der Waals surface area contributed by atoms with Gasteiger partial charge in [0, 0.05) is 18.6 Å². The van der Waals surface area contributed by atoms with E-state index in [9.17, 15) is 24.8 Å². The summed E-state index contributed by atoms with van der Waals surface area (Å²) < 4.78 is 4.80. The fraction of sp³-hybridized carbons (Fsp3) is 0.308. The van der Waals surface area contributed by atoms with Crippen LogP contribution in [0.3, 0.4) is 0 Å². The summed E-state index contributed by atoms with van der Waals surface area (Å²) in [5.74, 6) is -1.97. The number of hydrogen-bond donors (Lipinski definition) is 1. The molecule has 0 radical (unpaired) electrons. The molecule has 0 amide bonds. The molecular formula is C13H12ClN3O6. The van der Waals surface area contributed by atoms with Crippen molar-refractivity contribution in [2.45, 2.75) is 19.4 Å². The number of rotatable bonds is 5. The third-order valence-corrected chi connectivity index (χ3v) is 3.41. The average Bonchev–Trinajstić information content (AvgIpc) is 2.93. The van der Waals surface area contributed by atoms with Crippen molar-refractivity contribution in [2.24, 2.45) is 5.10 Å². The Balaban J connectivity index is 2.45. The van der Waals surface area contributed by atoms with Gasteiger partial charge in [0.2, 0.25) is 0 Å². The van der Waals surface area contributed by atoms with Gasteiger partial charge >= 0.3 is 11.9 Å². The molecule has 0 fully saturated rings. The molecule has 0 aromatic heterocycles. The van der Waals surface area contributed by atoms with Crippen molar-refractivity contribution in [3.63, 3.8) is 0 Å². The quantitative estimate of drug-likeness (QED) is 0.492. The first kappa shape index (κ1) is 16.7. The Morgan fingerprint density at radius 3 is 2.83 bits per heavy atom. The topological polar surface area (TPSA) is 122 Å². The van der Waals surface area contributed by atoms with E-state index >= 15 is 0 Å². The van der Waals surface area contributed by atoms with Gasteiger partial charge in [0.25, 0.3) is 5.69 Å². The minimum atomic E-state index is -1.24. The number of ether oxygens (including phenoxy) is 1. The fourth-order valence-corrected chi connectivity index (χ4v) is 2.26. The number of halogens is 1. The van der Waals surface area contributed by atoms with Crippen LogP contribution in [-0.4, -0.2) is 40.3 Å². The lowest BCUT2D eigenvalue weighted by atomic mass is 10.1. The van der Waals surface area contributed by atoms with E-state index in [1.54, 1.807) is 6.92 Å². The number of carbonyl (C=O) groups is 2. The predicted octanol–water partition coefficient (Wildman–Crippen LogP) is 1.83. The number of esters is 1. The zero-order valence-corrected chi connectivity index (χ0v) is 12.7.